The van der Waals surface area contributed by atoms with Crippen LogP contribution in [0.1, 0.15) is 19.8 Å². The van der Waals surface area contributed by atoms with Crippen molar-refractivity contribution in [2.75, 3.05) is 32.8 Å². The lowest BCUT2D eigenvalue weighted by Crippen LogP contribution is -2.45. The first-order valence-electron chi connectivity index (χ1n) is 6.96. The maximum atomic E-state index is 12.4. The summed E-state index contributed by atoms with van der Waals surface area (Å²) < 4.78 is 5.40. The summed E-state index contributed by atoms with van der Waals surface area (Å²) in [6, 6.07) is 0.0660. The van der Waals surface area contributed by atoms with Crippen LogP contribution in [-0.4, -0.2) is 60.8 Å². The molecule has 0 bridgehead atoms. The van der Waals surface area contributed by atoms with Crippen molar-refractivity contribution in [2.45, 2.75) is 25.8 Å². The molecule has 0 spiro atoms. The number of hydrogen-bond donors (Lipinski definition) is 2. The third kappa shape index (κ3) is 3.25. The summed E-state index contributed by atoms with van der Waals surface area (Å²) in [6.07, 6.45) is 1.57. The number of rotatable bonds is 5. The Bertz CT molecular complexity index is 348. The second-order valence-electron chi connectivity index (χ2n) is 5.31. The van der Waals surface area contributed by atoms with Gasteiger partial charge in [0.05, 0.1) is 25.0 Å². The van der Waals surface area contributed by atoms with Gasteiger partial charge in [0.15, 0.2) is 0 Å². The summed E-state index contributed by atoms with van der Waals surface area (Å²) in [6.45, 7) is 4.84. The third-order valence-corrected chi connectivity index (χ3v) is 3.90. The zero-order chi connectivity index (χ0) is 13.8. The molecule has 19 heavy (non-hydrogen) atoms. The predicted octanol–water partition coefficient (Wildman–Crippen LogP) is -0.0659. The van der Waals surface area contributed by atoms with E-state index in [4.69, 9.17) is 9.84 Å². The number of carboxylic acids is 1. The normalized spacial score (nSPS) is 30.8. The van der Waals surface area contributed by atoms with Gasteiger partial charge < -0.3 is 20.1 Å². The van der Waals surface area contributed by atoms with E-state index >= 15 is 0 Å². The molecular weight excluding hydrogens is 248 g/mol. The zero-order valence-electron chi connectivity index (χ0n) is 11.3. The van der Waals surface area contributed by atoms with E-state index in [2.05, 4.69) is 12.2 Å². The van der Waals surface area contributed by atoms with Crippen LogP contribution < -0.4 is 5.32 Å². The van der Waals surface area contributed by atoms with Gasteiger partial charge in [-0.25, -0.2) is 0 Å². The van der Waals surface area contributed by atoms with Crippen LogP contribution in [0.4, 0.5) is 0 Å². The minimum atomic E-state index is -0.807. The third-order valence-electron chi connectivity index (χ3n) is 3.90. The number of carbonyl (C=O) groups excluding carboxylic acids is 1. The van der Waals surface area contributed by atoms with Crippen molar-refractivity contribution in [3.05, 3.63) is 0 Å². The van der Waals surface area contributed by atoms with E-state index < -0.39 is 11.9 Å². The number of aliphatic carboxylic acids is 1. The van der Waals surface area contributed by atoms with E-state index in [9.17, 15) is 9.59 Å². The molecule has 0 aliphatic carbocycles. The first-order chi connectivity index (χ1) is 9.13. The Kier molecular flexibility index (Phi) is 4.76. The van der Waals surface area contributed by atoms with Crippen molar-refractivity contribution < 1.29 is 19.4 Å². The van der Waals surface area contributed by atoms with Gasteiger partial charge in [0.25, 0.3) is 0 Å². The van der Waals surface area contributed by atoms with E-state index in [1.807, 2.05) is 0 Å². The van der Waals surface area contributed by atoms with Gasteiger partial charge in [-0.1, -0.05) is 6.92 Å². The average molecular weight is 270 g/mol. The Balaban J connectivity index is 1.90. The van der Waals surface area contributed by atoms with Gasteiger partial charge in [0.2, 0.25) is 5.91 Å². The molecule has 2 heterocycles. The molecule has 108 valence electrons. The van der Waals surface area contributed by atoms with Crippen LogP contribution in [0.3, 0.4) is 0 Å². The number of likely N-dealkylation sites (tertiary alicyclic amines) is 1. The molecule has 3 atom stereocenters. The molecule has 2 fully saturated rings. The van der Waals surface area contributed by atoms with Crippen LogP contribution in [-0.2, 0) is 14.3 Å². The topological polar surface area (TPSA) is 78.9 Å². The van der Waals surface area contributed by atoms with E-state index in [1.54, 1.807) is 4.90 Å². The molecule has 2 N–H and O–H groups in total. The highest BCUT2D eigenvalue weighted by Crippen LogP contribution is 2.22. The van der Waals surface area contributed by atoms with Gasteiger partial charge in [-0.3, -0.25) is 9.59 Å². The number of nitrogens with one attached hydrogen (secondary N) is 1. The van der Waals surface area contributed by atoms with Gasteiger partial charge in [0, 0.05) is 19.1 Å². The van der Waals surface area contributed by atoms with E-state index in [0.717, 1.165) is 13.0 Å². The first kappa shape index (κ1) is 14.3. The molecule has 3 unspecified atom stereocenters. The van der Waals surface area contributed by atoms with Gasteiger partial charge in [-0.15, -0.1) is 0 Å². The fraction of sp³-hybridized carbons (Fsp3) is 0.846. The average Bonchev–Trinajstić information content (AvgIpc) is 3.04. The molecule has 0 aromatic rings. The van der Waals surface area contributed by atoms with Crippen LogP contribution in [0.15, 0.2) is 0 Å². The minimum Gasteiger partial charge on any atom is -0.481 e. The maximum absolute atomic E-state index is 12.4. The van der Waals surface area contributed by atoms with Crippen molar-refractivity contribution in [3.8, 4) is 0 Å². The summed E-state index contributed by atoms with van der Waals surface area (Å²) in [5.74, 6) is -1.35. The summed E-state index contributed by atoms with van der Waals surface area (Å²) in [5, 5.41) is 12.3. The van der Waals surface area contributed by atoms with Crippen molar-refractivity contribution in [1.29, 1.82) is 0 Å². The number of amides is 1. The van der Waals surface area contributed by atoms with Gasteiger partial charge in [-0.05, 0) is 19.4 Å². The van der Waals surface area contributed by atoms with Gasteiger partial charge in [0.1, 0.15) is 0 Å². The molecular formula is C13H22N2O4. The lowest BCUT2D eigenvalue weighted by atomic mass is 10.0. The minimum absolute atomic E-state index is 0.0369. The Labute approximate surface area is 113 Å². The van der Waals surface area contributed by atoms with Crippen molar-refractivity contribution in [3.63, 3.8) is 0 Å². The van der Waals surface area contributed by atoms with Crippen molar-refractivity contribution in [1.82, 2.24) is 10.2 Å². The predicted molar refractivity (Wildman–Crippen MR) is 68.7 cm³/mol. The van der Waals surface area contributed by atoms with E-state index in [1.165, 1.54) is 0 Å². The standard InChI is InChI=1S/C13H22N2O4/c1-2-4-14-11-8-19-7-10(11)12(16)15-5-3-9(6-15)13(17)18/h9-11,14H,2-8H2,1H3,(H,17,18). The second-order valence-corrected chi connectivity index (χ2v) is 5.31. The van der Waals surface area contributed by atoms with Crippen LogP contribution in [0.25, 0.3) is 0 Å². The molecule has 2 aliphatic rings. The number of ether oxygens (including phenoxy) is 1. The second kappa shape index (κ2) is 6.34. The monoisotopic (exact) mass is 270 g/mol. The molecule has 2 saturated heterocycles. The molecule has 1 amide bonds. The largest absolute Gasteiger partial charge is 0.481 e. The van der Waals surface area contributed by atoms with Crippen molar-refractivity contribution >= 4 is 11.9 Å². The molecule has 0 aromatic carbocycles. The Morgan fingerprint density at radius 2 is 2.21 bits per heavy atom. The molecule has 0 radical (unpaired) electrons. The molecule has 6 nitrogen and oxygen atoms in total. The molecule has 2 aliphatic heterocycles. The fourth-order valence-electron chi connectivity index (χ4n) is 2.73. The molecule has 0 aromatic heterocycles. The number of carbonyl (C=O) groups is 2. The molecule has 2 rings (SSSR count). The summed E-state index contributed by atoms with van der Waals surface area (Å²) >= 11 is 0. The fourth-order valence-corrected chi connectivity index (χ4v) is 2.73. The van der Waals surface area contributed by atoms with Crippen LogP contribution in [0.5, 0.6) is 0 Å². The first-order valence-corrected chi connectivity index (χ1v) is 6.96. The van der Waals surface area contributed by atoms with Crippen LogP contribution in [0.2, 0.25) is 0 Å². The maximum Gasteiger partial charge on any atom is 0.308 e. The Hall–Kier alpha value is -1.14. The Morgan fingerprint density at radius 1 is 1.42 bits per heavy atom. The molecule has 6 heteroatoms. The Morgan fingerprint density at radius 3 is 2.84 bits per heavy atom. The highest BCUT2D eigenvalue weighted by Gasteiger charge is 2.39. The van der Waals surface area contributed by atoms with Crippen molar-refractivity contribution in [2.24, 2.45) is 11.8 Å². The van der Waals surface area contributed by atoms with Gasteiger partial charge in [-0.2, -0.15) is 0 Å². The summed E-state index contributed by atoms with van der Waals surface area (Å²) in [5.41, 5.74) is 0. The smallest absolute Gasteiger partial charge is 0.308 e. The highest BCUT2D eigenvalue weighted by atomic mass is 16.5. The SMILES string of the molecule is CCCNC1COCC1C(=O)N1CCC(C(=O)O)C1. The van der Waals surface area contributed by atoms with Crippen LogP contribution in [0, 0.1) is 11.8 Å². The number of hydrogen-bond acceptors (Lipinski definition) is 4. The van der Waals surface area contributed by atoms with Gasteiger partial charge >= 0.3 is 5.97 Å². The number of nitrogens with zero attached hydrogens (tertiary/aromatic N) is 1. The lowest BCUT2D eigenvalue weighted by Gasteiger charge is -2.24. The van der Waals surface area contributed by atoms with E-state index in [0.29, 0.717) is 32.7 Å². The summed E-state index contributed by atoms with van der Waals surface area (Å²) in [4.78, 5) is 25.0. The van der Waals surface area contributed by atoms with E-state index in [-0.39, 0.29) is 17.9 Å². The summed E-state index contributed by atoms with van der Waals surface area (Å²) in [7, 11) is 0. The number of carboxylic acid groups (broad SMARTS) is 1. The van der Waals surface area contributed by atoms with Crippen LogP contribution >= 0.6 is 0 Å². The quantitative estimate of drug-likeness (QED) is 0.731. The lowest BCUT2D eigenvalue weighted by molar-refractivity contribution is -0.141. The highest BCUT2D eigenvalue weighted by molar-refractivity contribution is 5.81. The molecule has 0 saturated carbocycles. The zero-order valence-corrected chi connectivity index (χ0v) is 11.3.